The lowest BCUT2D eigenvalue weighted by atomic mass is 10.2. The zero-order valence-corrected chi connectivity index (χ0v) is 11.5. The molecule has 0 bridgehead atoms. The van der Waals surface area contributed by atoms with E-state index in [4.69, 9.17) is 0 Å². The number of urea groups is 1. The Balaban J connectivity index is 1.86. The number of hydrogen-bond donors (Lipinski definition) is 2. The maximum Gasteiger partial charge on any atom is 0.319 e. The van der Waals surface area contributed by atoms with Crippen LogP contribution < -0.4 is 10.6 Å². The lowest BCUT2D eigenvalue weighted by Gasteiger charge is -2.08. The average Bonchev–Trinajstić information content (AvgIpc) is 2.48. The number of hydrogen-bond acceptors (Lipinski definition) is 3. The number of nitrogens with zero attached hydrogens (tertiary/aromatic N) is 1. The second kappa shape index (κ2) is 6.51. The molecular formula is C15H15N3O3. The Bertz CT molecular complexity index is 636. The molecular weight excluding hydrogens is 270 g/mol. The fourth-order valence-electron chi connectivity index (χ4n) is 1.73. The summed E-state index contributed by atoms with van der Waals surface area (Å²) in [6.07, 6.45) is 0. The van der Waals surface area contributed by atoms with Gasteiger partial charge in [-0.05, 0) is 24.6 Å². The number of nitro benzene ring substituents is 1. The number of non-ortho nitro benzene ring substituents is 1. The molecule has 0 aromatic heterocycles. The zero-order chi connectivity index (χ0) is 15.2. The van der Waals surface area contributed by atoms with E-state index in [0.29, 0.717) is 12.2 Å². The lowest BCUT2D eigenvalue weighted by molar-refractivity contribution is -0.384. The Hall–Kier alpha value is -2.89. The van der Waals surface area contributed by atoms with Gasteiger partial charge in [-0.25, -0.2) is 4.79 Å². The Morgan fingerprint density at radius 3 is 2.29 bits per heavy atom. The van der Waals surface area contributed by atoms with Crippen LogP contribution in [0.3, 0.4) is 0 Å². The SMILES string of the molecule is Cc1ccc(NC(=O)NCc2ccc([N+](=O)[O-])cc2)cc1. The summed E-state index contributed by atoms with van der Waals surface area (Å²) in [6.45, 7) is 2.27. The molecule has 108 valence electrons. The van der Waals surface area contributed by atoms with Gasteiger partial charge >= 0.3 is 6.03 Å². The molecule has 0 heterocycles. The molecule has 6 nitrogen and oxygen atoms in total. The number of nitro groups is 1. The highest BCUT2D eigenvalue weighted by Crippen LogP contribution is 2.12. The molecule has 0 radical (unpaired) electrons. The van der Waals surface area contributed by atoms with Crippen LogP contribution >= 0.6 is 0 Å². The monoisotopic (exact) mass is 285 g/mol. The van der Waals surface area contributed by atoms with E-state index in [1.807, 2.05) is 31.2 Å². The fourth-order valence-corrected chi connectivity index (χ4v) is 1.73. The molecule has 0 fully saturated rings. The van der Waals surface area contributed by atoms with Crippen LogP contribution in [-0.4, -0.2) is 11.0 Å². The smallest absolute Gasteiger partial charge is 0.319 e. The summed E-state index contributed by atoms with van der Waals surface area (Å²) in [5.41, 5.74) is 2.65. The third kappa shape index (κ3) is 4.31. The van der Waals surface area contributed by atoms with E-state index in [9.17, 15) is 14.9 Å². The van der Waals surface area contributed by atoms with Gasteiger partial charge in [-0.3, -0.25) is 10.1 Å². The summed E-state index contributed by atoms with van der Waals surface area (Å²) >= 11 is 0. The van der Waals surface area contributed by atoms with Gasteiger partial charge in [0.05, 0.1) is 4.92 Å². The number of aryl methyl sites for hydroxylation is 1. The van der Waals surface area contributed by atoms with Crippen molar-refractivity contribution in [2.24, 2.45) is 0 Å². The van der Waals surface area contributed by atoms with Crippen LogP contribution in [0.25, 0.3) is 0 Å². The maximum atomic E-state index is 11.7. The second-order valence-electron chi connectivity index (χ2n) is 4.60. The predicted molar refractivity (Wildman–Crippen MR) is 80.1 cm³/mol. The number of anilines is 1. The highest BCUT2D eigenvalue weighted by molar-refractivity contribution is 5.89. The van der Waals surface area contributed by atoms with Crippen molar-refractivity contribution in [2.75, 3.05) is 5.32 Å². The van der Waals surface area contributed by atoms with E-state index >= 15 is 0 Å². The highest BCUT2D eigenvalue weighted by Gasteiger charge is 2.05. The van der Waals surface area contributed by atoms with Crippen molar-refractivity contribution in [1.29, 1.82) is 0 Å². The molecule has 2 aromatic carbocycles. The molecule has 0 aliphatic heterocycles. The lowest BCUT2D eigenvalue weighted by Crippen LogP contribution is -2.28. The van der Waals surface area contributed by atoms with Gasteiger partial charge < -0.3 is 10.6 Å². The van der Waals surface area contributed by atoms with Gasteiger partial charge in [0.2, 0.25) is 0 Å². The number of nitrogens with one attached hydrogen (secondary N) is 2. The normalized spacial score (nSPS) is 9.95. The summed E-state index contributed by atoms with van der Waals surface area (Å²) in [6, 6.07) is 13.2. The Morgan fingerprint density at radius 1 is 1.10 bits per heavy atom. The third-order valence-electron chi connectivity index (χ3n) is 2.91. The van der Waals surface area contributed by atoms with Crippen LogP contribution in [0.4, 0.5) is 16.2 Å². The number of rotatable bonds is 4. The van der Waals surface area contributed by atoms with Crippen LogP contribution in [0.1, 0.15) is 11.1 Å². The van der Waals surface area contributed by atoms with Crippen molar-refractivity contribution in [3.05, 3.63) is 69.8 Å². The molecule has 0 unspecified atom stereocenters. The molecule has 2 aromatic rings. The van der Waals surface area contributed by atoms with E-state index < -0.39 is 4.92 Å². The molecule has 2 rings (SSSR count). The fraction of sp³-hybridized carbons (Fsp3) is 0.133. The molecule has 0 saturated carbocycles. The van der Waals surface area contributed by atoms with Crippen molar-refractivity contribution >= 4 is 17.4 Å². The van der Waals surface area contributed by atoms with Gasteiger partial charge in [0.1, 0.15) is 0 Å². The first-order valence-corrected chi connectivity index (χ1v) is 6.39. The first kappa shape index (κ1) is 14.5. The largest absolute Gasteiger partial charge is 0.334 e. The van der Waals surface area contributed by atoms with Gasteiger partial charge in [0, 0.05) is 24.4 Å². The summed E-state index contributed by atoms with van der Waals surface area (Å²) in [7, 11) is 0. The molecule has 0 aliphatic carbocycles. The molecule has 21 heavy (non-hydrogen) atoms. The van der Waals surface area contributed by atoms with Crippen molar-refractivity contribution < 1.29 is 9.72 Å². The Morgan fingerprint density at radius 2 is 1.71 bits per heavy atom. The summed E-state index contributed by atoms with van der Waals surface area (Å²) in [5.74, 6) is 0. The van der Waals surface area contributed by atoms with Crippen LogP contribution in [0.2, 0.25) is 0 Å². The number of carbonyl (C=O) groups is 1. The van der Waals surface area contributed by atoms with Crippen LogP contribution in [0, 0.1) is 17.0 Å². The van der Waals surface area contributed by atoms with Crippen molar-refractivity contribution in [3.63, 3.8) is 0 Å². The minimum atomic E-state index is -0.457. The van der Waals surface area contributed by atoms with Gasteiger partial charge in [0.25, 0.3) is 5.69 Å². The molecule has 0 saturated heterocycles. The van der Waals surface area contributed by atoms with Gasteiger partial charge in [-0.1, -0.05) is 29.8 Å². The van der Waals surface area contributed by atoms with E-state index in [0.717, 1.165) is 11.1 Å². The molecule has 0 aliphatic rings. The van der Waals surface area contributed by atoms with Crippen molar-refractivity contribution in [1.82, 2.24) is 5.32 Å². The quantitative estimate of drug-likeness (QED) is 0.668. The standard InChI is InChI=1S/C15H15N3O3/c1-11-2-6-13(7-3-11)17-15(19)16-10-12-4-8-14(9-5-12)18(20)21/h2-9H,10H2,1H3,(H2,16,17,19). The maximum absolute atomic E-state index is 11.7. The molecule has 2 amide bonds. The molecule has 6 heteroatoms. The summed E-state index contributed by atoms with van der Waals surface area (Å²) < 4.78 is 0. The molecule has 0 atom stereocenters. The van der Waals surface area contributed by atoms with Crippen molar-refractivity contribution in [2.45, 2.75) is 13.5 Å². The first-order chi connectivity index (χ1) is 10.0. The Labute approximate surface area is 121 Å². The summed E-state index contributed by atoms with van der Waals surface area (Å²) in [4.78, 5) is 21.8. The van der Waals surface area contributed by atoms with Gasteiger partial charge in [-0.15, -0.1) is 0 Å². The number of amides is 2. The highest BCUT2D eigenvalue weighted by atomic mass is 16.6. The van der Waals surface area contributed by atoms with Crippen LogP contribution in [-0.2, 0) is 6.54 Å². The van der Waals surface area contributed by atoms with Gasteiger partial charge in [0.15, 0.2) is 0 Å². The first-order valence-electron chi connectivity index (χ1n) is 6.39. The van der Waals surface area contributed by atoms with Gasteiger partial charge in [-0.2, -0.15) is 0 Å². The van der Waals surface area contributed by atoms with E-state index in [1.54, 1.807) is 12.1 Å². The van der Waals surface area contributed by atoms with E-state index in [-0.39, 0.29) is 11.7 Å². The second-order valence-corrected chi connectivity index (χ2v) is 4.60. The summed E-state index contributed by atoms with van der Waals surface area (Å²) in [5, 5.41) is 15.9. The Kier molecular flexibility index (Phi) is 4.50. The zero-order valence-electron chi connectivity index (χ0n) is 11.5. The average molecular weight is 285 g/mol. The van der Waals surface area contributed by atoms with Crippen molar-refractivity contribution in [3.8, 4) is 0 Å². The van der Waals surface area contributed by atoms with Crippen LogP contribution in [0.15, 0.2) is 48.5 Å². The predicted octanol–water partition coefficient (Wildman–Crippen LogP) is 3.22. The topological polar surface area (TPSA) is 84.3 Å². The minimum Gasteiger partial charge on any atom is -0.334 e. The number of carbonyl (C=O) groups excluding carboxylic acids is 1. The number of benzene rings is 2. The molecule has 2 N–H and O–H groups in total. The van der Waals surface area contributed by atoms with E-state index in [1.165, 1.54) is 12.1 Å². The van der Waals surface area contributed by atoms with Crippen LogP contribution in [0.5, 0.6) is 0 Å². The third-order valence-corrected chi connectivity index (χ3v) is 2.91. The van der Waals surface area contributed by atoms with E-state index in [2.05, 4.69) is 10.6 Å². The minimum absolute atomic E-state index is 0.0304. The molecule has 0 spiro atoms.